The summed E-state index contributed by atoms with van der Waals surface area (Å²) in [6, 6.07) is 10.5. The molecule has 0 unspecified atom stereocenters. The van der Waals surface area contributed by atoms with E-state index >= 15 is 0 Å². The van der Waals surface area contributed by atoms with Gasteiger partial charge in [-0.05, 0) is 42.8 Å². The Morgan fingerprint density at radius 1 is 1.18 bits per heavy atom. The number of unbranched alkanes of at least 4 members (excludes halogenated alkanes) is 1. The number of amides is 1. The summed E-state index contributed by atoms with van der Waals surface area (Å²) < 4.78 is 49.1. The third kappa shape index (κ3) is 5.57. The Hall–Kier alpha value is -2.40. The molecule has 0 spiro atoms. The van der Waals surface area contributed by atoms with Crippen LogP contribution in [0.1, 0.15) is 37.0 Å². The van der Waals surface area contributed by atoms with Crippen LogP contribution in [0.3, 0.4) is 0 Å². The number of carbonyl (C=O) groups is 1. The highest BCUT2D eigenvalue weighted by atomic mass is 32.2. The van der Waals surface area contributed by atoms with Crippen LogP contribution in [-0.2, 0) is 21.3 Å². The van der Waals surface area contributed by atoms with Gasteiger partial charge in [-0.15, -0.1) is 0 Å². The molecular formula is C23H28FN3O4S2. The minimum absolute atomic E-state index is 0.135. The zero-order valence-electron chi connectivity index (χ0n) is 19.0. The molecule has 0 aliphatic heterocycles. The second-order valence-electron chi connectivity index (χ2n) is 7.41. The number of sulfonamides is 1. The lowest BCUT2D eigenvalue weighted by atomic mass is 10.2. The molecule has 1 heterocycles. The molecule has 33 heavy (non-hydrogen) atoms. The van der Waals surface area contributed by atoms with Gasteiger partial charge in [0.1, 0.15) is 5.82 Å². The van der Waals surface area contributed by atoms with E-state index in [2.05, 4.69) is 4.99 Å². The second kappa shape index (κ2) is 11.1. The number of thiazole rings is 1. The molecule has 3 rings (SSSR count). The van der Waals surface area contributed by atoms with Crippen LogP contribution in [0.2, 0.25) is 0 Å². The number of carbonyl (C=O) groups excluding carboxylic acids is 1. The smallest absolute Gasteiger partial charge is 0.279 e. The van der Waals surface area contributed by atoms with Crippen LogP contribution in [0, 0.1) is 5.82 Å². The number of benzene rings is 2. The van der Waals surface area contributed by atoms with E-state index in [0.29, 0.717) is 41.3 Å². The van der Waals surface area contributed by atoms with Crippen LogP contribution in [0.5, 0.6) is 0 Å². The lowest BCUT2D eigenvalue weighted by Crippen LogP contribution is -2.31. The maximum absolute atomic E-state index is 14.4. The van der Waals surface area contributed by atoms with E-state index in [9.17, 15) is 17.6 Å². The summed E-state index contributed by atoms with van der Waals surface area (Å²) in [4.78, 5) is 17.5. The number of aromatic nitrogens is 1. The molecule has 178 valence electrons. The summed E-state index contributed by atoms with van der Waals surface area (Å²) >= 11 is 1.21. The van der Waals surface area contributed by atoms with Crippen molar-refractivity contribution in [1.29, 1.82) is 0 Å². The molecule has 0 aliphatic rings. The second-order valence-corrected chi connectivity index (χ2v) is 10.4. The van der Waals surface area contributed by atoms with Gasteiger partial charge in [0.05, 0.1) is 21.7 Å². The molecule has 7 nitrogen and oxygen atoms in total. The van der Waals surface area contributed by atoms with Crippen LogP contribution in [0.25, 0.3) is 10.2 Å². The average molecular weight is 494 g/mol. The average Bonchev–Trinajstić information content (AvgIpc) is 3.16. The molecule has 0 bridgehead atoms. The van der Waals surface area contributed by atoms with E-state index in [1.54, 1.807) is 30.7 Å². The highest BCUT2D eigenvalue weighted by Crippen LogP contribution is 2.21. The minimum atomic E-state index is -3.63. The van der Waals surface area contributed by atoms with E-state index < -0.39 is 21.7 Å². The summed E-state index contributed by atoms with van der Waals surface area (Å²) in [7, 11) is -2.08. The molecule has 2 aromatic carbocycles. The summed E-state index contributed by atoms with van der Waals surface area (Å²) in [5.74, 6) is -0.928. The third-order valence-corrected chi connectivity index (χ3v) is 8.25. The Kier molecular flexibility index (Phi) is 8.52. The van der Waals surface area contributed by atoms with E-state index in [-0.39, 0.29) is 10.5 Å². The first kappa shape index (κ1) is 25.2. The molecule has 0 saturated heterocycles. The zero-order valence-corrected chi connectivity index (χ0v) is 20.6. The minimum Gasteiger partial charge on any atom is -0.383 e. The topological polar surface area (TPSA) is 81.0 Å². The first-order valence-electron chi connectivity index (χ1n) is 10.8. The molecule has 0 saturated carbocycles. The molecule has 1 aromatic heterocycles. The molecular weight excluding hydrogens is 465 g/mol. The van der Waals surface area contributed by atoms with Crippen LogP contribution in [0.4, 0.5) is 4.39 Å². The van der Waals surface area contributed by atoms with Crippen molar-refractivity contribution < 1.29 is 22.3 Å². The lowest BCUT2D eigenvalue weighted by Gasteiger charge is -2.20. The number of nitrogens with zero attached hydrogens (tertiary/aromatic N) is 3. The van der Waals surface area contributed by atoms with Gasteiger partial charge in [-0.3, -0.25) is 4.79 Å². The number of halogens is 1. The number of para-hydroxylation sites is 1. The van der Waals surface area contributed by atoms with Gasteiger partial charge in [-0.1, -0.05) is 37.7 Å². The summed E-state index contributed by atoms with van der Waals surface area (Å²) in [5.41, 5.74) is 0.626. The monoisotopic (exact) mass is 493 g/mol. The van der Waals surface area contributed by atoms with E-state index in [1.807, 2.05) is 6.92 Å². The SMILES string of the molecule is CCCCN(CC)S(=O)(=O)c1ccc(C(=O)N=c2sc3cccc(F)c3n2CCOC)cc1. The largest absolute Gasteiger partial charge is 0.383 e. The van der Waals surface area contributed by atoms with Crippen LogP contribution in [0.15, 0.2) is 52.4 Å². The zero-order chi connectivity index (χ0) is 24.0. The highest BCUT2D eigenvalue weighted by molar-refractivity contribution is 7.89. The van der Waals surface area contributed by atoms with Crippen molar-refractivity contribution in [3.63, 3.8) is 0 Å². The normalized spacial score (nSPS) is 12.7. The fourth-order valence-electron chi connectivity index (χ4n) is 3.41. The number of hydrogen-bond acceptors (Lipinski definition) is 5. The maximum Gasteiger partial charge on any atom is 0.279 e. The van der Waals surface area contributed by atoms with Crippen molar-refractivity contribution in [2.45, 2.75) is 38.1 Å². The fourth-order valence-corrected chi connectivity index (χ4v) is 5.97. The van der Waals surface area contributed by atoms with Gasteiger partial charge in [0, 0.05) is 32.3 Å². The number of rotatable bonds is 10. The van der Waals surface area contributed by atoms with Crippen molar-refractivity contribution in [3.8, 4) is 0 Å². The first-order chi connectivity index (χ1) is 15.8. The fraction of sp³-hybridized carbons (Fsp3) is 0.391. The Morgan fingerprint density at radius 2 is 1.91 bits per heavy atom. The Bertz CT molecular complexity index is 1280. The molecule has 0 radical (unpaired) electrons. The van der Waals surface area contributed by atoms with Crippen LogP contribution in [-0.4, -0.2) is 50.0 Å². The Labute approximate surface area is 197 Å². The summed E-state index contributed by atoms with van der Waals surface area (Å²) in [5, 5.41) is 0. The van der Waals surface area contributed by atoms with Gasteiger partial charge < -0.3 is 9.30 Å². The Morgan fingerprint density at radius 3 is 2.55 bits per heavy atom. The van der Waals surface area contributed by atoms with Crippen molar-refractivity contribution in [1.82, 2.24) is 8.87 Å². The summed E-state index contributed by atoms with van der Waals surface area (Å²) in [6.07, 6.45) is 1.67. The molecule has 0 atom stereocenters. The van der Waals surface area contributed by atoms with Gasteiger partial charge >= 0.3 is 0 Å². The van der Waals surface area contributed by atoms with Crippen molar-refractivity contribution in [2.75, 3.05) is 26.8 Å². The van der Waals surface area contributed by atoms with E-state index in [4.69, 9.17) is 4.74 Å². The molecule has 3 aromatic rings. The lowest BCUT2D eigenvalue weighted by molar-refractivity contribution is 0.0997. The predicted molar refractivity (Wildman–Crippen MR) is 127 cm³/mol. The van der Waals surface area contributed by atoms with Crippen molar-refractivity contribution >= 4 is 37.5 Å². The number of hydrogen-bond donors (Lipinski definition) is 0. The molecule has 0 fully saturated rings. The van der Waals surface area contributed by atoms with Gasteiger partial charge in [-0.2, -0.15) is 9.30 Å². The third-order valence-electron chi connectivity index (χ3n) is 5.22. The maximum atomic E-state index is 14.4. The summed E-state index contributed by atoms with van der Waals surface area (Å²) in [6.45, 7) is 5.31. The Balaban J connectivity index is 1.94. The predicted octanol–water partition coefficient (Wildman–Crippen LogP) is 4.04. The number of ether oxygens (including phenoxy) is 1. The van der Waals surface area contributed by atoms with Gasteiger partial charge in [-0.25, -0.2) is 12.8 Å². The van der Waals surface area contributed by atoms with E-state index in [0.717, 1.165) is 12.8 Å². The van der Waals surface area contributed by atoms with Crippen molar-refractivity contribution in [3.05, 3.63) is 58.6 Å². The quantitative estimate of drug-likeness (QED) is 0.427. The number of methoxy groups -OCH3 is 1. The highest BCUT2D eigenvalue weighted by Gasteiger charge is 2.22. The van der Waals surface area contributed by atoms with E-state index in [1.165, 1.54) is 46.0 Å². The van der Waals surface area contributed by atoms with Crippen molar-refractivity contribution in [2.24, 2.45) is 4.99 Å². The van der Waals surface area contributed by atoms with Gasteiger partial charge in [0.2, 0.25) is 10.0 Å². The van der Waals surface area contributed by atoms with Gasteiger partial charge in [0.25, 0.3) is 5.91 Å². The first-order valence-corrected chi connectivity index (χ1v) is 13.0. The van der Waals surface area contributed by atoms with Crippen LogP contribution < -0.4 is 4.80 Å². The molecule has 0 aliphatic carbocycles. The molecule has 10 heteroatoms. The standard InChI is InChI=1S/C23H28FN3O4S2/c1-4-6-14-26(5-2)33(29,30)18-12-10-17(11-13-18)22(28)25-23-27(15-16-31-3)21-19(24)8-7-9-20(21)32-23/h7-13H,4-6,14-16H2,1-3H3. The molecule has 0 N–H and O–H groups in total. The number of fused-ring (bicyclic) bond motifs is 1. The molecule has 1 amide bonds. The van der Waals surface area contributed by atoms with Crippen LogP contribution >= 0.6 is 11.3 Å². The van der Waals surface area contributed by atoms with Gasteiger partial charge in [0.15, 0.2) is 4.80 Å².